The van der Waals surface area contributed by atoms with Crippen molar-refractivity contribution < 1.29 is 0 Å². The Kier molecular flexibility index (Phi) is 6.59. The van der Waals surface area contributed by atoms with Gasteiger partial charge in [-0.3, -0.25) is 0 Å². The van der Waals surface area contributed by atoms with Gasteiger partial charge in [-0.15, -0.1) is 10.2 Å². The molecule has 3 aromatic rings. The third kappa shape index (κ3) is 4.91. The number of benzene rings is 2. The molecule has 0 amide bonds. The summed E-state index contributed by atoms with van der Waals surface area (Å²) in [6.07, 6.45) is 0. The maximum Gasteiger partial charge on any atom is 0.249 e. The highest BCUT2D eigenvalue weighted by Crippen LogP contribution is 2.24. The zero-order valence-electron chi connectivity index (χ0n) is 16.6. The Morgan fingerprint density at radius 2 is 1.30 bits per heavy atom. The molecule has 0 saturated heterocycles. The van der Waals surface area contributed by atoms with Gasteiger partial charge < -0.3 is 9.88 Å². The fraction of sp³-hybridized carbons (Fsp3) is 0.190. The van der Waals surface area contributed by atoms with E-state index in [1.54, 1.807) is 24.3 Å². The Labute approximate surface area is 174 Å². The second-order valence-corrected chi connectivity index (χ2v) is 6.11. The molecule has 0 aliphatic carbocycles. The SMILES string of the molecule is CCN(CC)c1ccc(/N=N/c2ccc(/N=N/c3nc(C#N)c(C#N)[nH]3)cc2)cc1. The first kappa shape index (κ1) is 20.4. The molecule has 9 heteroatoms. The molecule has 148 valence electrons. The van der Waals surface area contributed by atoms with Crippen LogP contribution in [-0.4, -0.2) is 23.1 Å². The van der Waals surface area contributed by atoms with E-state index in [0.717, 1.165) is 24.5 Å². The number of hydrogen-bond donors (Lipinski definition) is 1. The molecule has 0 saturated carbocycles. The molecule has 1 aromatic heterocycles. The van der Waals surface area contributed by atoms with Crippen molar-refractivity contribution >= 4 is 28.7 Å². The predicted octanol–water partition coefficient (Wildman–Crippen LogP) is 5.83. The van der Waals surface area contributed by atoms with E-state index in [-0.39, 0.29) is 17.3 Å². The van der Waals surface area contributed by atoms with E-state index in [9.17, 15) is 0 Å². The highest BCUT2D eigenvalue weighted by Gasteiger charge is 2.08. The van der Waals surface area contributed by atoms with Crippen LogP contribution in [0.3, 0.4) is 0 Å². The monoisotopic (exact) mass is 397 g/mol. The van der Waals surface area contributed by atoms with E-state index in [0.29, 0.717) is 11.4 Å². The Hall–Kier alpha value is -4.37. The van der Waals surface area contributed by atoms with Crippen LogP contribution in [-0.2, 0) is 0 Å². The van der Waals surface area contributed by atoms with Crippen molar-refractivity contribution in [3.63, 3.8) is 0 Å². The molecule has 0 unspecified atom stereocenters. The molecule has 9 nitrogen and oxygen atoms in total. The fourth-order valence-corrected chi connectivity index (χ4v) is 2.70. The summed E-state index contributed by atoms with van der Waals surface area (Å²) in [6.45, 7) is 6.17. The van der Waals surface area contributed by atoms with E-state index in [1.165, 1.54) is 0 Å². The molecule has 3 rings (SSSR count). The summed E-state index contributed by atoms with van der Waals surface area (Å²) >= 11 is 0. The molecule has 2 aromatic carbocycles. The summed E-state index contributed by atoms with van der Waals surface area (Å²) in [6, 6.07) is 18.6. The van der Waals surface area contributed by atoms with E-state index < -0.39 is 0 Å². The largest absolute Gasteiger partial charge is 0.372 e. The van der Waals surface area contributed by atoms with Gasteiger partial charge in [0.25, 0.3) is 0 Å². The molecular weight excluding hydrogens is 378 g/mol. The van der Waals surface area contributed by atoms with Gasteiger partial charge in [0.05, 0.1) is 17.1 Å². The van der Waals surface area contributed by atoms with Gasteiger partial charge in [0.15, 0.2) is 11.4 Å². The Balaban J connectivity index is 1.65. The number of H-pyrrole nitrogens is 1. The van der Waals surface area contributed by atoms with E-state index in [4.69, 9.17) is 10.5 Å². The first-order valence-corrected chi connectivity index (χ1v) is 9.35. The zero-order valence-corrected chi connectivity index (χ0v) is 16.6. The summed E-state index contributed by atoms with van der Waals surface area (Å²) in [4.78, 5) is 8.78. The van der Waals surface area contributed by atoms with Crippen LogP contribution in [0.25, 0.3) is 0 Å². The number of azo groups is 2. The van der Waals surface area contributed by atoms with Crippen LogP contribution < -0.4 is 4.90 Å². The second kappa shape index (κ2) is 9.71. The number of nitrogens with zero attached hydrogens (tertiary/aromatic N) is 8. The van der Waals surface area contributed by atoms with Crippen molar-refractivity contribution in [1.29, 1.82) is 10.5 Å². The number of imidazole rings is 1. The predicted molar refractivity (Wildman–Crippen MR) is 113 cm³/mol. The lowest BCUT2D eigenvalue weighted by atomic mass is 10.2. The molecule has 0 atom stereocenters. The van der Waals surface area contributed by atoms with Gasteiger partial charge in [-0.05, 0) is 62.4 Å². The molecule has 0 spiro atoms. The van der Waals surface area contributed by atoms with Crippen LogP contribution in [0.15, 0.2) is 69.0 Å². The summed E-state index contributed by atoms with van der Waals surface area (Å²) in [5.74, 6) is 0.0972. The van der Waals surface area contributed by atoms with Crippen molar-refractivity contribution in [2.24, 2.45) is 20.5 Å². The topological polar surface area (TPSA) is 129 Å². The molecule has 30 heavy (non-hydrogen) atoms. The summed E-state index contributed by atoms with van der Waals surface area (Å²) in [5.41, 5.74) is 3.24. The van der Waals surface area contributed by atoms with Gasteiger partial charge in [-0.1, -0.05) is 0 Å². The number of nitrogens with one attached hydrogen (secondary N) is 1. The molecule has 0 radical (unpaired) electrons. The quantitative estimate of drug-likeness (QED) is 0.503. The molecule has 0 aliphatic heterocycles. The smallest absolute Gasteiger partial charge is 0.249 e. The molecule has 0 fully saturated rings. The normalized spacial score (nSPS) is 10.9. The van der Waals surface area contributed by atoms with Crippen molar-refractivity contribution in [2.75, 3.05) is 18.0 Å². The number of nitriles is 2. The number of rotatable bonds is 7. The van der Waals surface area contributed by atoms with Gasteiger partial charge in [0.1, 0.15) is 12.1 Å². The average molecular weight is 397 g/mol. The molecule has 1 heterocycles. The lowest BCUT2D eigenvalue weighted by Crippen LogP contribution is -2.21. The van der Waals surface area contributed by atoms with Crippen LogP contribution in [0.1, 0.15) is 25.2 Å². The van der Waals surface area contributed by atoms with Gasteiger partial charge in [-0.2, -0.15) is 25.7 Å². The zero-order chi connectivity index (χ0) is 21.3. The first-order valence-electron chi connectivity index (χ1n) is 9.35. The van der Waals surface area contributed by atoms with Gasteiger partial charge in [0, 0.05) is 18.8 Å². The highest BCUT2D eigenvalue weighted by molar-refractivity contribution is 5.53. The average Bonchev–Trinajstić information content (AvgIpc) is 3.21. The minimum absolute atomic E-state index is 0.00709. The van der Waals surface area contributed by atoms with Crippen LogP contribution in [0, 0.1) is 22.7 Å². The maximum absolute atomic E-state index is 8.91. The third-order valence-electron chi connectivity index (χ3n) is 4.28. The van der Waals surface area contributed by atoms with Crippen LogP contribution >= 0.6 is 0 Å². The van der Waals surface area contributed by atoms with Crippen LogP contribution in [0.5, 0.6) is 0 Å². The van der Waals surface area contributed by atoms with Gasteiger partial charge in [-0.25, -0.2) is 0 Å². The Morgan fingerprint density at radius 1 is 0.800 bits per heavy atom. The van der Waals surface area contributed by atoms with Crippen molar-refractivity contribution in [1.82, 2.24) is 9.97 Å². The van der Waals surface area contributed by atoms with Crippen LogP contribution in [0.2, 0.25) is 0 Å². The number of aromatic nitrogens is 2. The maximum atomic E-state index is 8.91. The van der Waals surface area contributed by atoms with Crippen molar-refractivity contribution in [3.8, 4) is 12.1 Å². The standard InChI is InChI=1S/C21H19N9/c1-3-30(4-2)18-11-9-17(10-12-18)27-26-15-5-7-16(8-6-15)28-29-21-24-19(13-22)20(14-23)25-21/h5-12H,3-4H2,1-2H3,(H,24,25)/b27-26+,29-28+. The first-order chi connectivity index (χ1) is 14.7. The third-order valence-corrected chi connectivity index (χ3v) is 4.28. The van der Waals surface area contributed by atoms with Gasteiger partial charge >= 0.3 is 0 Å². The number of hydrogen-bond acceptors (Lipinski definition) is 8. The Bertz CT molecular complexity index is 1090. The highest BCUT2D eigenvalue weighted by atomic mass is 15.2. The van der Waals surface area contributed by atoms with Gasteiger partial charge in [0.2, 0.25) is 5.95 Å². The number of aromatic amines is 1. The Morgan fingerprint density at radius 3 is 1.73 bits per heavy atom. The molecule has 0 bridgehead atoms. The van der Waals surface area contributed by atoms with E-state index in [2.05, 4.69) is 49.2 Å². The minimum atomic E-state index is -0.00709. The lowest BCUT2D eigenvalue weighted by molar-refractivity contribution is 0.866. The number of anilines is 1. The second-order valence-electron chi connectivity index (χ2n) is 6.11. The van der Waals surface area contributed by atoms with E-state index >= 15 is 0 Å². The summed E-state index contributed by atoms with van der Waals surface area (Å²) < 4.78 is 0. The summed E-state index contributed by atoms with van der Waals surface area (Å²) in [5, 5.41) is 34.2. The molecule has 1 N–H and O–H groups in total. The summed E-state index contributed by atoms with van der Waals surface area (Å²) in [7, 11) is 0. The van der Waals surface area contributed by atoms with Crippen LogP contribution in [0.4, 0.5) is 28.7 Å². The lowest BCUT2D eigenvalue weighted by Gasteiger charge is -2.20. The van der Waals surface area contributed by atoms with Crippen molar-refractivity contribution in [2.45, 2.75) is 13.8 Å². The molecule has 0 aliphatic rings. The fourth-order valence-electron chi connectivity index (χ4n) is 2.70. The minimum Gasteiger partial charge on any atom is -0.372 e. The van der Waals surface area contributed by atoms with E-state index in [1.807, 2.05) is 36.4 Å². The molecular formula is C21H19N9. The van der Waals surface area contributed by atoms with Crippen molar-refractivity contribution in [3.05, 3.63) is 59.9 Å².